The van der Waals surface area contributed by atoms with Gasteiger partial charge >= 0.3 is 0 Å². The molecular weight excluding hydrogens is 208 g/mol. The Morgan fingerprint density at radius 2 is 1.38 bits per heavy atom. The molecule has 16 heavy (non-hydrogen) atoms. The van der Waals surface area contributed by atoms with Crippen LogP contribution in [0.1, 0.15) is 13.3 Å². The maximum absolute atomic E-state index is 5.36. The van der Waals surface area contributed by atoms with Crippen LogP contribution in [0.3, 0.4) is 0 Å². The second-order valence-electron chi connectivity index (χ2n) is 3.38. The first-order valence-electron chi connectivity index (χ1n) is 6.05. The third kappa shape index (κ3) is 13.8. The third-order valence-corrected chi connectivity index (χ3v) is 1.86. The number of nitrogens with one attached hydrogen (secondary N) is 1. The van der Waals surface area contributed by atoms with Crippen LogP contribution in [0.4, 0.5) is 0 Å². The second kappa shape index (κ2) is 14.8. The molecule has 0 radical (unpaired) electrons. The molecule has 0 saturated carbocycles. The van der Waals surface area contributed by atoms with Gasteiger partial charge in [0, 0.05) is 13.1 Å². The molecule has 0 heterocycles. The predicted octanol–water partition coefficient (Wildman–Crippen LogP) is -0.00550. The predicted molar refractivity (Wildman–Crippen MR) is 64.7 cm³/mol. The van der Waals surface area contributed by atoms with Gasteiger partial charge in [-0.1, -0.05) is 6.92 Å². The van der Waals surface area contributed by atoms with Crippen molar-refractivity contribution in [1.29, 1.82) is 0 Å². The average Bonchev–Trinajstić information content (AvgIpc) is 2.31. The van der Waals surface area contributed by atoms with Gasteiger partial charge in [0.25, 0.3) is 0 Å². The molecule has 0 saturated heterocycles. The fraction of sp³-hybridized carbons (Fsp3) is 1.00. The van der Waals surface area contributed by atoms with Crippen molar-refractivity contribution in [1.82, 2.24) is 5.32 Å². The number of hydrogen-bond acceptors (Lipinski definition) is 5. The highest BCUT2D eigenvalue weighted by molar-refractivity contribution is 4.43. The van der Waals surface area contributed by atoms with E-state index < -0.39 is 0 Å². The van der Waals surface area contributed by atoms with Crippen LogP contribution in [0.15, 0.2) is 0 Å². The van der Waals surface area contributed by atoms with Crippen LogP contribution >= 0.6 is 0 Å². The molecular formula is C11H26N2O3. The van der Waals surface area contributed by atoms with Crippen molar-refractivity contribution in [3.63, 3.8) is 0 Å². The van der Waals surface area contributed by atoms with E-state index in [0.717, 1.165) is 26.1 Å². The van der Waals surface area contributed by atoms with Crippen LogP contribution in [0, 0.1) is 0 Å². The summed E-state index contributed by atoms with van der Waals surface area (Å²) in [7, 11) is 0. The summed E-state index contributed by atoms with van der Waals surface area (Å²) < 4.78 is 15.8. The van der Waals surface area contributed by atoms with E-state index in [9.17, 15) is 0 Å². The molecule has 5 nitrogen and oxygen atoms in total. The standard InChI is InChI=1S/C11H26N2O3/c1-2-4-13-5-7-15-9-11-16-10-8-14-6-3-12/h13H,2-12H2,1H3. The summed E-state index contributed by atoms with van der Waals surface area (Å²) in [5.74, 6) is 0. The van der Waals surface area contributed by atoms with E-state index in [-0.39, 0.29) is 0 Å². The molecule has 0 aromatic heterocycles. The molecule has 0 aliphatic heterocycles. The van der Waals surface area contributed by atoms with Gasteiger partial charge in [-0.25, -0.2) is 0 Å². The SMILES string of the molecule is CCCNCCOCCOCCOCCN. The van der Waals surface area contributed by atoms with Crippen molar-refractivity contribution in [3.05, 3.63) is 0 Å². The molecule has 5 heteroatoms. The van der Waals surface area contributed by atoms with Crippen molar-refractivity contribution in [2.45, 2.75) is 13.3 Å². The molecule has 0 amide bonds. The lowest BCUT2D eigenvalue weighted by molar-refractivity contribution is 0.0166. The summed E-state index contributed by atoms with van der Waals surface area (Å²) >= 11 is 0. The molecule has 0 aromatic carbocycles. The molecule has 0 aliphatic rings. The van der Waals surface area contributed by atoms with Crippen molar-refractivity contribution in [2.24, 2.45) is 5.73 Å². The molecule has 3 N–H and O–H groups in total. The van der Waals surface area contributed by atoms with E-state index in [1.165, 1.54) is 0 Å². The largest absolute Gasteiger partial charge is 0.378 e. The Bertz CT molecular complexity index is 112. The maximum Gasteiger partial charge on any atom is 0.0701 e. The lowest BCUT2D eigenvalue weighted by Gasteiger charge is -2.06. The van der Waals surface area contributed by atoms with Gasteiger partial charge < -0.3 is 25.3 Å². The highest BCUT2D eigenvalue weighted by atomic mass is 16.5. The summed E-state index contributed by atoms with van der Waals surface area (Å²) in [6.07, 6.45) is 1.16. The highest BCUT2D eigenvalue weighted by Crippen LogP contribution is 1.80. The minimum absolute atomic E-state index is 0.563. The number of nitrogens with two attached hydrogens (primary N) is 1. The Morgan fingerprint density at radius 3 is 1.94 bits per heavy atom. The van der Waals surface area contributed by atoms with Gasteiger partial charge in [0.1, 0.15) is 0 Å². The first kappa shape index (κ1) is 15.8. The Morgan fingerprint density at radius 1 is 0.812 bits per heavy atom. The number of rotatable bonds is 13. The minimum Gasteiger partial charge on any atom is -0.378 e. The second-order valence-corrected chi connectivity index (χ2v) is 3.38. The summed E-state index contributed by atoms with van der Waals surface area (Å²) in [5, 5.41) is 3.26. The van der Waals surface area contributed by atoms with E-state index in [2.05, 4.69) is 12.2 Å². The Labute approximate surface area is 98.6 Å². The van der Waals surface area contributed by atoms with Gasteiger partial charge in [0.05, 0.1) is 39.6 Å². The summed E-state index contributed by atoms with van der Waals surface area (Å²) in [5.41, 5.74) is 5.27. The molecule has 0 rings (SSSR count). The van der Waals surface area contributed by atoms with Crippen LogP contribution in [0.25, 0.3) is 0 Å². The van der Waals surface area contributed by atoms with Crippen LogP contribution in [-0.2, 0) is 14.2 Å². The monoisotopic (exact) mass is 234 g/mol. The molecule has 0 aliphatic carbocycles. The van der Waals surface area contributed by atoms with Crippen LogP contribution in [0.2, 0.25) is 0 Å². The van der Waals surface area contributed by atoms with Crippen molar-refractivity contribution in [2.75, 3.05) is 59.3 Å². The average molecular weight is 234 g/mol. The zero-order valence-electron chi connectivity index (χ0n) is 10.4. The van der Waals surface area contributed by atoms with E-state index in [0.29, 0.717) is 39.6 Å². The molecule has 0 spiro atoms. The Hall–Kier alpha value is -0.200. The van der Waals surface area contributed by atoms with Gasteiger partial charge in [-0.15, -0.1) is 0 Å². The van der Waals surface area contributed by atoms with Crippen molar-refractivity contribution in [3.8, 4) is 0 Å². The van der Waals surface area contributed by atoms with Crippen LogP contribution in [0.5, 0.6) is 0 Å². The molecule has 98 valence electrons. The first-order chi connectivity index (χ1) is 7.91. The fourth-order valence-corrected chi connectivity index (χ4v) is 1.07. The Kier molecular flexibility index (Phi) is 14.6. The summed E-state index contributed by atoms with van der Waals surface area (Å²) in [4.78, 5) is 0. The third-order valence-electron chi connectivity index (χ3n) is 1.86. The lowest BCUT2D eigenvalue weighted by atomic mass is 10.5. The van der Waals surface area contributed by atoms with Gasteiger partial charge in [-0.2, -0.15) is 0 Å². The van der Waals surface area contributed by atoms with Crippen LogP contribution in [-0.4, -0.2) is 59.3 Å². The van der Waals surface area contributed by atoms with E-state index in [4.69, 9.17) is 19.9 Å². The topological polar surface area (TPSA) is 65.7 Å². The van der Waals surface area contributed by atoms with E-state index in [1.807, 2.05) is 0 Å². The molecule has 0 unspecified atom stereocenters. The summed E-state index contributed by atoms with van der Waals surface area (Å²) in [6, 6.07) is 0. The van der Waals surface area contributed by atoms with E-state index >= 15 is 0 Å². The van der Waals surface area contributed by atoms with Gasteiger partial charge in [-0.05, 0) is 13.0 Å². The zero-order valence-corrected chi connectivity index (χ0v) is 10.4. The minimum atomic E-state index is 0.563. The molecule has 0 aromatic rings. The van der Waals surface area contributed by atoms with E-state index in [1.54, 1.807) is 0 Å². The normalized spacial score (nSPS) is 10.9. The van der Waals surface area contributed by atoms with Gasteiger partial charge in [-0.3, -0.25) is 0 Å². The quantitative estimate of drug-likeness (QED) is 0.439. The number of ether oxygens (including phenoxy) is 3. The van der Waals surface area contributed by atoms with Crippen LogP contribution < -0.4 is 11.1 Å². The van der Waals surface area contributed by atoms with Crippen molar-refractivity contribution >= 4 is 0 Å². The molecule has 0 bridgehead atoms. The maximum atomic E-state index is 5.36. The summed E-state index contributed by atoms with van der Waals surface area (Å²) in [6.45, 7) is 8.50. The molecule has 0 atom stereocenters. The zero-order chi connectivity index (χ0) is 11.9. The lowest BCUT2D eigenvalue weighted by Crippen LogP contribution is -2.21. The first-order valence-corrected chi connectivity index (χ1v) is 6.05. The smallest absolute Gasteiger partial charge is 0.0701 e. The van der Waals surface area contributed by atoms with Gasteiger partial charge in [0.2, 0.25) is 0 Å². The van der Waals surface area contributed by atoms with Gasteiger partial charge in [0.15, 0.2) is 0 Å². The Balaban J connectivity index is 2.83. The van der Waals surface area contributed by atoms with Crippen molar-refractivity contribution < 1.29 is 14.2 Å². The number of hydrogen-bond donors (Lipinski definition) is 2. The highest BCUT2D eigenvalue weighted by Gasteiger charge is 1.91. The molecule has 0 fully saturated rings. The fourth-order valence-electron chi connectivity index (χ4n) is 1.07.